The molecule has 18 heavy (non-hydrogen) atoms. The topological polar surface area (TPSA) is 54.5 Å². The van der Waals surface area contributed by atoms with Crippen molar-refractivity contribution in [1.82, 2.24) is 15.2 Å². The quantitative estimate of drug-likeness (QED) is 0.903. The Morgan fingerprint density at radius 2 is 2.56 bits per heavy atom. The van der Waals surface area contributed by atoms with E-state index < -0.39 is 0 Å². The van der Waals surface area contributed by atoms with E-state index in [1.54, 1.807) is 11.3 Å². The van der Waals surface area contributed by atoms with Gasteiger partial charge >= 0.3 is 6.03 Å². The molecule has 1 N–H and O–H groups in total. The fourth-order valence-electron chi connectivity index (χ4n) is 1.95. The molecule has 2 rings (SSSR count). The first-order chi connectivity index (χ1) is 8.66. The molecule has 1 aliphatic heterocycles. The third kappa shape index (κ3) is 3.43. The molecule has 100 valence electrons. The smallest absolute Gasteiger partial charge is 0.317 e. The molecule has 1 aromatic heterocycles. The number of hydrogen-bond donors (Lipinski definition) is 1. The third-order valence-electron chi connectivity index (χ3n) is 2.95. The molecule has 1 aromatic rings. The van der Waals surface area contributed by atoms with Crippen LogP contribution in [0.5, 0.6) is 0 Å². The Morgan fingerprint density at radius 1 is 1.72 bits per heavy atom. The van der Waals surface area contributed by atoms with Crippen LogP contribution in [0.1, 0.15) is 17.6 Å². The van der Waals surface area contributed by atoms with Gasteiger partial charge in [0.05, 0.1) is 30.0 Å². The van der Waals surface area contributed by atoms with Crippen LogP contribution in [-0.4, -0.2) is 48.3 Å². The van der Waals surface area contributed by atoms with Crippen LogP contribution in [0.4, 0.5) is 4.79 Å². The second kappa shape index (κ2) is 6.15. The van der Waals surface area contributed by atoms with Gasteiger partial charge in [-0.25, -0.2) is 9.78 Å². The lowest BCUT2D eigenvalue weighted by atomic mass is 10.3. The van der Waals surface area contributed by atoms with Gasteiger partial charge < -0.3 is 15.0 Å². The first kappa shape index (κ1) is 13.3. The lowest BCUT2D eigenvalue weighted by Gasteiger charge is -2.33. The summed E-state index contributed by atoms with van der Waals surface area (Å²) >= 11 is 1.64. The molecular weight excluding hydrogens is 250 g/mol. The number of aryl methyl sites for hydroxylation is 1. The van der Waals surface area contributed by atoms with Crippen molar-refractivity contribution in [3.63, 3.8) is 0 Å². The lowest BCUT2D eigenvalue weighted by molar-refractivity contribution is 0.0191. The fraction of sp³-hybridized carbons (Fsp3) is 0.667. The Balaban J connectivity index is 1.74. The van der Waals surface area contributed by atoms with Gasteiger partial charge in [-0.2, -0.15) is 0 Å². The normalized spacial score (nSPS) is 19.9. The molecule has 0 aromatic carbocycles. The molecule has 5 nitrogen and oxygen atoms in total. The summed E-state index contributed by atoms with van der Waals surface area (Å²) in [5.41, 5.74) is 1.05. The molecule has 0 saturated carbocycles. The van der Waals surface area contributed by atoms with Crippen molar-refractivity contribution < 1.29 is 9.53 Å². The number of carbonyl (C=O) groups excluding carboxylic acids is 1. The van der Waals surface area contributed by atoms with E-state index >= 15 is 0 Å². The first-order valence-electron chi connectivity index (χ1n) is 6.20. The molecule has 2 heterocycles. The van der Waals surface area contributed by atoms with Gasteiger partial charge in [0.25, 0.3) is 0 Å². The van der Waals surface area contributed by atoms with Crippen molar-refractivity contribution in [2.45, 2.75) is 26.3 Å². The van der Waals surface area contributed by atoms with Crippen molar-refractivity contribution in [3.05, 3.63) is 16.1 Å². The predicted molar refractivity (Wildman–Crippen MR) is 70.9 cm³/mol. The number of rotatable bonds is 3. The molecule has 6 heteroatoms. The molecule has 0 radical (unpaired) electrons. The number of aromatic nitrogens is 1. The number of hydrogen-bond acceptors (Lipinski definition) is 4. The highest BCUT2D eigenvalue weighted by Crippen LogP contribution is 2.08. The first-order valence-corrected chi connectivity index (χ1v) is 7.08. The van der Waals surface area contributed by atoms with Crippen LogP contribution in [-0.2, 0) is 11.2 Å². The molecule has 1 saturated heterocycles. The Hall–Kier alpha value is -1.14. The van der Waals surface area contributed by atoms with Crippen molar-refractivity contribution >= 4 is 17.4 Å². The van der Waals surface area contributed by atoms with Gasteiger partial charge in [0.15, 0.2) is 0 Å². The summed E-state index contributed by atoms with van der Waals surface area (Å²) in [7, 11) is 0. The van der Waals surface area contributed by atoms with Crippen molar-refractivity contribution in [2.24, 2.45) is 0 Å². The maximum atomic E-state index is 11.9. The molecule has 0 aliphatic carbocycles. The van der Waals surface area contributed by atoms with E-state index in [9.17, 15) is 4.79 Å². The molecule has 0 unspecified atom stereocenters. The van der Waals surface area contributed by atoms with Crippen molar-refractivity contribution in [2.75, 3.05) is 26.3 Å². The van der Waals surface area contributed by atoms with Crippen molar-refractivity contribution in [1.29, 1.82) is 0 Å². The number of urea groups is 1. The number of thiazole rings is 1. The molecule has 0 bridgehead atoms. The van der Waals surface area contributed by atoms with Gasteiger partial charge in [-0.3, -0.25) is 0 Å². The van der Waals surface area contributed by atoms with Crippen LogP contribution in [0.3, 0.4) is 0 Å². The van der Waals surface area contributed by atoms with Crippen LogP contribution in [0.2, 0.25) is 0 Å². The lowest BCUT2D eigenvalue weighted by Crippen LogP contribution is -2.51. The summed E-state index contributed by atoms with van der Waals surface area (Å²) < 4.78 is 5.31. The van der Waals surface area contributed by atoms with Crippen LogP contribution in [0.15, 0.2) is 5.38 Å². The van der Waals surface area contributed by atoms with E-state index in [0.29, 0.717) is 26.3 Å². The van der Waals surface area contributed by atoms with Gasteiger partial charge in [0, 0.05) is 24.9 Å². The van der Waals surface area contributed by atoms with E-state index in [-0.39, 0.29) is 12.1 Å². The van der Waals surface area contributed by atoms with Crippen LogP contribution < -0.4 is 5.32 Å². The Kier molecular flexibility index (Phi) is 4.54. The van der Waals surface area contributed by atoms with Crippen LogP contribution in [0, 0.1) is 6.92 Å². The summed E-state index contributed by atoms with van der Waals surface area (Å²) in [6, 6.07) is 0.151. The van der Waals surface area contributed by atoms with Crippen molar-refractivity contribution in [3.8, 4) is 0 Å². The highest BCUT2D eigenvalue weighted by molar-refractivity contribution is 7.09. The predicted octanol–water partition coefficient (Wildman–Crippen LogP) is 1.42. The van der Waals surface area contributed by atoms with E-state index in [1.807, 2.05) is 24.1 Å². The van der Waals surface area contributed by atoms with E-state index in [1.165, 1.54) is 0 Å². The second-order valence-electron chi connectivity index (χ2n) is 4.46. The Morgan fingerprint density at radius 3 is 3.22 bits per heavy atom. The minimum Gasteiger partial charge on any atom is -0.377 e. The maximum Gasteiger partial charge on any atom is 0.317 e. The second-order valence-corrected chi connectivity index (χ2v) is 5.52. The monoisotopic (exact) mass is 269 g/mol. The highest BCUT2D eigenvalue weighted by atomic mass is 32.1. The number of carbonyl (C=O) groups is 1. The zero-order valence-corrected chi connectivity index (χ0v) is 11.6. The van der Waals surface area contributed by atoms with E-state index in [4.69, 9.17) is 4.74 Å². The molecule has 0 spiro atoms. The molecule has 1 atom stereocenters. The highest BCUT2D eigenvalue weighted by Gasteiger charge is 2.23. The van der Waals surface area contributed by atoms with Gasteiger partial charge in [0.1, 0.15) is 0 Å². The average molecular weight is 269 g/mol. The summed E-state index contributed by atoms with van der Waals surface area (Å²) in [6.07, 6.45) is 0.787. The van der Waals surface area contributed by atoms with Gasteiger partial charge in [-0.1, -0.05) is 0 Å². The molecule has 1 fully saturated rings. The Bertz CT molecular complexity index is 408. The number of nitrogens with zero attached hydrogens (tertiary/aromatic N) is 2. The fourth-order valence-corrected chi connectivity index (χ4v) is 2.60. The number of nitrogens with one attached hydrogen (secondary N) is 1. The largest absolute Gasteiger partial charge is 0.377 e. The van der Waals surface area contributed by atoms with E-state index in [2.05, 4.69) is 10.3 Å². The summed E-state index contributed by atoms with van der Waals surface area (Å²) in [5.74, 6) is 0. The van der Waals surface area contributed by atoms with E-state index in [0.717, 1.165) is 17.1 Å². The maximum absolute atomic E-state index is 11.9. The standard InChI is InChI=1S/C12H19N3O2S/c1-9-7-17-6-5-15(9)12(16)13-4-3-11-8-18-10(2)14-11/h8-9H,3-7H2,1-2H3,(H,13,16)/t9-/m0/s1. The minimum atomic E-state index is -0.00208. The SMILES string of the molecule is Cc1nc(CCNC(=O)N2CCOC[C@@H]2C)cs1. The molecular formula is C12H19N3O2S. The zero-order chi connectivity index (χ0) is 13.0. The summed E-state index contributed by atoms with van der Waals surface area (Å²) in [6.45, 7) is 6.54. The number of ether oxygens (including phenoxy) is 1. The third-order valence-corrected chi connectivity index (χ3v) is 3.77. The van der Waals surface area contributed by atoms with Gasteiger partial charge in [-0.15, -0.1) is 11.3 Å². The number of morpholine rings is 1. The summed E-state index contributed by atoms with van der Waals surface area (Å²) in [4.78, 5) is 18.1. The van der Waals surface area contributed by atoms with Crippen LogP contribution >= 0.6 is 11.3 Å². The molecule has 1 aliphatic rings. The Labute approximate surface area is 111 Å². The van der Waals surface area contributed by atoms with Gasteiger partial charge in [-0.05, 0) is 13.8 Å². The minimum absolute atomic E-state index is 0.00208. The molecule has 2 amide bonds. The van der Waals surface area contributed by atoms with Gasteiger partial charge in [0.2, 0.25) is 0 Å². The van der Waals surface area contributed by atoms with Crippen LogP contribution in [0.25, 0.3) is 0 Å². The number of amides is 2. The average Bonchev–Trinajstić information content (AvgIpc) is 2.75. The summed E-state index contributed by atoms with van der Waals surface area (Å²) in [5, 5.41) is 6.04. The zero-order valence-electron chi connectivity index (χ0n) is 10.8.